The number of carbonyl (C=O) groups excluding carboxylic acids is 1. The highest BCUT2D eigenvalue weighted by molar-refractivity contribution is 8.01. The molecule has 2 atom stereocenters. The summed E-state index contributed by atoms with van der Waals surface area (Å²) in [5.41, 5.74) is 2.76. The average molecular weight is 376 g/mol. The van der Waals surface area contributed by atoms with Crippen LogP contribution in [0.2, 0.25) is 0 Å². The molecule has 0 bridgehead atoms. The zero-order valence-corrected chi connectivity index (χ0v) is 17.4. The molecule has 0 saturated carbocycles. The Hall–Kier alpha value is -1.04. The van der Waals surface area contributed by atoms with E-state index in [0.717, 1.165) is 45.7 Å². The monoisotopic (exact) mass is 375 g/mol. The van der Waals surface area contributed by atoms with Gasteiger partial charge in [0, 0.05) is 39.3 Å². The highest BCUT2D eigenvalue weighted by Gasteiger charge is 2.39. The van der Waals surface area contributed by atoms with Crippen LogP contribution in [-0.4, -0.2) is 60.2 Å². The second-order valence-electron chi connectivity index (χ2n) is 8.38. The van der Waals surface area contributed by atoms with Crippen LogP contribution in [0.5, 0.6) is 0 Å². The van der Waals surface area contributed by atoms with Crippen LogP contribution in [-0.2, 0) is 10.2 Å². The fraction of sp³-hybridized carbons (Fsp3) is 0.667. The van der Waals surface area contributed by atoms with E-state index in [9.17, 15) is 4.79 Å². The van der Waals surface area contributed by atoms with Crippen LogP contribution in [0, 0.1) is 0 Å². The summed E-state index contributed by atoms with van der Waals surface area (Å²) < 4.78 is 0. The van der Waals surface area contributed by atoms with Crippen molar-refractivity contribution in [3.8, 4) is 0 Å². The molecule has 4 nitrogen and oxygen atoms in total. The number of nitrogens with one attached hydrogen (secondary N) is 1. The van der Waals surface area contributed by atoms with Gasteiger partial charge < -0.3 is 10.2 Å². The van der Waals surface area contributed by atoms with E-state index in [1.54, 1.807) is 0 Å². The Balaban J connectivity index is 1.73. The van der Waals surface area contributed by atoms with E-state index >= 15 is 0 Å². The van der Waals surface area contributed by atoms with E-state index in [0.29, 0.717) is 5.91 Å². The Morgan fingerprint density at radius 3 is 2.35 bits per heavy atom. The zero-order chi connectivity index (χ0) is 18.7. The number of benzene rings is 1. The highest BCUT2D eigenvalue weighted by atomic mass is 32.2. The van der Waals surface area contributed by atoms with E-state index in [2.05, 4.69) is 67.1 Å². The summed E-state index contributed by atoms with van der Waals surface area (Å²) in [5.74, 6) is 0.317. The molecule has 0 unspecified atom stereocenters. The number of rotatable bonds is 5. The molecule has 2 aliphatic rings. The first-order valence-electron chi connectivity index (χ1n) is 9.89. The summed E-state index contributed by atoms with van der Waals surface area (Å²) in [7, 11) is 0. The van der Waals surface area contributed by atoms with E-state index in [1.165, 1.54) is 11.1 Å². The van der Waals surface area contributed by atoms with Crippen molar-refractivity contribution >= 4 is 17.7 Å². The second-order valence-corrected chi connectivity index (χ2v) is 9.67. The predicted octanol–water partition coefficient (Wildman–Crippen LogP) is 3.24. The molecular weight excluding hydrogens is 342 g/mol. The molecule has 5 heteroatoms. The lowest BCUT2D eigenvalue weighted by Crippen LogP contribution is -2.47. The number of hydrogen-bond donors (Lipinski definition) is 1. The van der Waals surface area contributed by atoms with Crippen LogP contribution >= 0.6 is 11.8 Å². The highest BCUT2D eigenvalue weighted by Crippen LogP contribution is 2.44. The molecule has 2 saturated heterocycles. The van der Waals surface area contributed by atoms with E-state index < -0.39 is 0 Å². The van der Waals surface area contributed by atoms with Gasteiger partial charge in [-0.05, 0) is 23.0 Å². The molecule has 2 aliphatic heterocycles. The van der Waals surface area contributed by atoms with Gasteiger partial charge in [-0.1, -0.05) is 52.0 Å². The molecule has 2 heterocycles. The third-order valence-corrected chi connectivity index (χ3v) is 7.08. The summed E-state index contributed by atoms with van der Waals surface area (Å²) in [6.45, 7) is 14.9. The van der Waals surface area contributed by atoms with E-state index in [-0.39, 0.29) is 16.0 Å². The van der Waals surface area contributed by atoms with Crippen molar-refractivity contribution in [2.75, 3.05) is 39.3 Å². The topological polar surface area (TPSA) is 35.6 Å². The fourth-order valence-electron chi connectivity index (χ4n) is 3.68. The van der Waals surface area contributed by atoms with E-state index in [4.69, 9.17) is 0 Å². The quantitative estimate of drug-likeness (QED) is 0.857. The first-order valence-corrected chi connectivity index (χ1v) is 10.8. The molecule has 1 aromatic carbocycles. The third kappa shape index (κ3) is 4.44. The van der Waals surface area contributed by atoms with Crippen molar-refractivity contribution in [1.82, 2.24) is 15.1 Å². The maximum absolute atomic E-state index is 12.9. The fourth-order valence-corrected chi connectivity index (χ4v) is 5.10. The van der Waals surface area contributed by atoms with Gasteiger partial charge in [-0.2, -0.15) is 0 Å². The summed E-state index contributed by atoms with van der Waals surface area (Å²) >= 11 is 1.83. The lowest BCUT2D eigenvalue weighted by Gasteiger charge is -2.31. The van der Waals surface area contributed by atoms with Crippen LogP contribution in [0.25, 0.3) is 0 Å². The summed E-state index contributed by atoms with van der Waals surface area (Å²) in [4.78, 5) is 17.5. The number of thioether (sulfide) groups is 1. The van der Waals surface area contributed by atoms with Crippen molar-refractivity contribution < 1.29 is 4.79 Å². The van der Waals surface area contributed by atoms with Gasteiger partial charge in [0.1, 0.15) is 5.37 Å². The minimum atomic E-state index is 0.102. The van der Waals surface area contributed by atoms with E-state index in [1.807, 2.05) is 11.8 Å². The average Bonchev–Trinajstić information content (AvgIpc) is 2.96. The molecule has 0 radical (unpaired) electrons. The van der Waals surface area contributed by atoms with Crippen molar-refractivity contribution in [2.45, 2.75) is 50.2 Å². The molecule has 1 aromatic rings. The normalized spacial score (nSPS) is 25.1. The number of hydrogen-bond acceptors (Lipinski definition) is 4. The lowest BCUT2D eigenvalue weighted by molar-refractivity contribution is -0.130. The smallest absolute Gasteiger partial charge is 0.236 e. The van der Waals surface area contributed by atoms with Gasteiger partial charge in [0.15, 0.2) is 0 Å². The SMILES string of the molecule is CC[C@H]1S[C@H](c2ccc(C(C)(C)C)cc2)N(CCN2CCNCC2)C1=O. The molecule has 3 rings (SSSR count). The Labute approximate surface area is 162 Å². The molecule has 26 heavy (non-hydrogen) atoms. The maximum Gasteiger partial charge on any atom is 0.236 e. The van der Waals surface area contributed by atoms with Crippen LogP contribution in [0.4, 0.5) is 0 Å². The molecule has 1 amide bonds. The van der Waals surface area contributed by atoms with Crippen molar-refractivity contribution in [3.63, 3.8) is 0 Å². The Morgan fingerprint density at radius 1 is 1.12 bits per heavy atom. The molecule has 1 N–H and O–H groups in total. The standard InChI is InChI=1S/C21H33N3OS/c1-5-18-19(25)24(15-14-23-12-10-22-11-13-23)20(26-18)16-6-8-17(9-7-16)21(2,3)4/h6-9,18,20,22H,5,10-15H2,1-4H3/t18-,20-/m1/s1. The number of amides is 1. The van der Waals surface area contributed by atoms with Crippen LogP contribution in [0.1, 0.15) is 50.6 Å². The Bertz CT molecular complexity index is 605. The minimum Gasteiger partial charge on any atom is -0.324 e. The van der Waals surface area contributed by atoms with Crippen molar-refractivity contribution in [3.05, 3.63) is 35.4 Å². The first kappa shape index (κ1) is 19.7. The van der Waals surface area contributed by atoms with Crippen molar-refractivity contribution in [1.29, 1.82) is 0 Å². The number of carbonyl (C=O) groups is 1. The van der Waals surface area contributed by atoms with Gasteiger partial charge in [-0.3, -0.25) is 9.69 Å². The first-order chi connectivity index (χ1) is 12.4. The Kier molecular flexibility index (Phi) is 6.31. The van der Waals surface area contributed by atoms with Gasteiger partial charge in [0.25, 0.3) is 0 Å². The van der Waals surface area contributed by atoms with Crippen LogP contribution in [0.3, 0.4) is 0 Å². The lowest BCUT2D eigenvalue weighted by atomic mass is 9.86. The third-order valence-electron chi connectivity index (χ3n) is 5.43. The van der Waals surface area contributed by atoms with Gasteiger partial charge in [-0.25, -0.2) is 0 Å². The molecule has 0 spiro atoms. The van der Waals surface area contributed by atoms with Gasteiger partial charge in [0.2, 0.25) is 5.91 Å². The van der Waals surface area contributed by atoms with Crippen LogP contribution in [0.15, 0.2) is 24.3 Å². The predicted molar refractivity (Wildman–Crippen MR) is 111 cm³/mol. The maximum atomic E-state index is 12.9. The molecule has 2 fully saturated rings. The summed E-state index contributed by atoms with van der Waals surface area (Å²) in [6.07, 6.45) is 0.907. The largest absolute Gasteiger partial charge is 0.324 e. The molecule has 0 aliphatic carbocycles. The summed E-state index contributed by atoms with van der Waals surface area (Å²) in [6, 6.07) is 8.91. The van der Waals surface area contributed by atoms with Gasteiger partial charge >= 0.3 is 0 Å². The second kappa shape index (κ2) is 8.32. The van der Waals surface area contributed by atoms with Crippen molar-refractivity contribution in [2.24, 2.45) is 0 Å². The zero-order valence-electron chi connectivity index (χ0n) is 16.6. The number of nitrogens with zero attached hydrogens (tertiary/aromatic N) is 2. The minimum absolute atomic E-state index is 0.102. The molecule has 144 valence electrons. The van der Waals surface area contributed by atoms with Crippen LogP contribution < -0.4 is 5.32 Å². The van der Waals surface area contributed by atoms with Gasteiger partial charge in [-0.15, -0.1) is 11.8 Å². The van der Waals surface area contributed by atoms with Gasteiger partial charge in [0.05, 0.1) is 5.25 Å². The summed E-state index contributed by atoms with van der Waals surface area (Å²) in [5, 5.41) is 3.65. The molecule has 0 aromatic heterocycles. The molecular formula is C21H33N3OS. The Morgan fingerprint density at radius 2 is 1.77 bits per heavy atom. The number of piperazine rings is 1.